The summed E-state index contributed by atoms with van der Waals surface area (Å²) in [4.78, 5) is 12.8. The second-order valence-corrected chi connectivity index (χ2v) is 17.9. The van der Waals surface area contributed by atoms with Crippen molar-refractivity contribution < 1.29 is 44.9 Å². The number of amides is 1. The van der Waals surface area contributed by atoms with Crippen LogP contribution < -0.4 is 19.0 Å². The number of carbonyl (C=O) groups excluding carboxylic acids is 1. The summed E-state index contributed by atoms with van der Waals surface area (Å²) in [5, 5.41) is 21.2. The van der Waals surface area contributed by atoms with E-state index >= 15 is 0 Å². The third-order valence-corrected chi connectivity index (χ3v) is 12.2. The van der Waals surface area contributed by atoms with Crippen molar-refractivity contribution in [2.45, 2.75) is 83.5 Å². The van der Waals surface area contributed by atoms with Gasteiger partial charge in [0.25, 0.3) is 16.0 Å². The third kappa shape index (κ3) is 11.7. The van der Waals surface area contributed by atoms with Crippen molar-refractivity contribution >= 4 is 54.8 Å². The van der Waals surface area contributed by atoms with Crippen molar-refractivity contribution in [3.63, 3.8) is 0 Å². The van der Waals surface area contributed by atoms with E-state index in [2.05, 4.69) is 63.2 Å². The number of hydrogen-bond donors (Lipinski definition) is 3. The van der Waals surface area contributed by atoms with Crippen LogP contribution in [0.1, 0.15) is 77.5 Å². The van der Waals surface area contributed by atoms with E-state index < -0.39 is 37.6 Å². The SMILES string of the molecule is CCC(C)(C)c1ccc(OCC(=O)Nc2cc(OS(=O)(=O)CCCOc3ccc(N=Nc4ccc(S(=O)(=O)O)cc4)cc3)c(C)c(Cl)c2O)c(C(C)(C)CC)c1. The second kappa shape index (κ2) is 18.0. The molecule has 0 aliphatic rings. The van der Waals surface area contributed by atoms with Crippen LogP contribution in [0.5, 0.6) is 23.0 Å². The zero-order valence-corrected chi connectivity index (χ0v) is 34.8. The molecule has 0 spiro atoms. The number of carbonyl (C=O) groups is 1. The quantitative estimate of drug-likeness (QED) is 0.0286. The first-order chi connectivity index (χ1) is 26.2. The molecule has 13 nitrogen and oxygen atoms in total. The summed E-state index contributed by atoms with van der Waals surface area (Å²) in [7, 11) is -8.46. The van der Waals surface area contributed by atoms with Crippen LogP contribution in [-0.2, 0) is 35.9 Å². The zero-order chi connectivity index (χ0) is 41.5. The van der Waals surface area contributed by atoms with Crippen LogP contribution >= 0.6 is 11.6 Å². The Bertz CT molecular complexity index is 2280. The number of azo groups is 1. The number of benzene rings is 4. The van der Waals surface area contributed by atoms with E-state index in [0.29, 0.717) is 22.9 Å². The predicted octanol–water partition coefficient (Wildman–Crippen LogP) is 9.59. The molecule has 0 bridgehead atoms. The lowest BCUT2D eigenvalue weighted by Gasteiger charge is -2.30. The van der Waals surface area contributed by atoms with Crippen LogP contribution in [0.15, 0.2) is 87.9 Å². The zero-order valence-electron chi connectivity index (χ0n) is 32.4. The van der Waals surface area contributed by atoms with Crippen molar-refractivity contribution in [3.05, 3.63) is 94.5 Å². The summed E-state index contributed by atoms with van der Waals surface area (Å²) in [6, 6.07) is 18.9. The topological polar surface area (TPSA) is 190 Å². The fourth-order valence-corrected chi connectivity index (χ4v) is 6.91. The van der Waals surface area contributed by atoms with E-state index in [4.69, 9.17) is 29.8 Å². The molecule has 0 heterocycles. The van der Waals surface area contributed by atoms with Gasteiger partial charge in [-0.2, -0.15) is 27.1 Å². The van der Waals surface area contributed by atoms with Crippen molar-refractivity contribution in [1.82, 2.24) is 0 Å². The molecule has 0 unspecified atom stereocenters. The number of nitrogens with one attached hydrogen (secondary N) is 1. The molecule has 0 fully saturated rings. The molecule has 0 aromatic heterocycles. The highest BCUT2D eigenvalue weighted by Gasteiger charge is 2.27. The standard InChI is InChI=1S/C40H48ClN3O10S2/c1-8-39(4,5)27-11-20-34(32(23-27)40(6,7)9-2)53-25-36(45)42-33-24-35(26(3)37(41)38(33)46)54-55(47,48)22-10-21-52-30-16-12-28(13-17-30)43-44-29-14-18-31(19-15-29)56(49,50)51/h11-20,23-24,46H,8-10,21-22,25H2,1-7H3,(H,42,45)(H,49,50,51). The number of nitrogens with zero attached hydrogens (tertiary/aromatic N) is 2. The summed E-state index contributed by atoms with van der Waals surface area (Å²) in [6.45, 7) is 14.0. The first-order valence-corrected chi connectivity index (χ1v) is 21.3. The molecule has 16 heteroatoms. The maximum atomic E-state index is 13.1. The van der Waals surface area contributed by atoms with Crippen LogP contribution in [0.25, 0.3) is 0 Å². The van der Waals surface area contributed by atoms with Crippen LogP contribution in [0.2, 0.25) is 5.02 Å². The Balaban J connectivity index is 1.33. The van der Waals surface area contributed by atoms with Crippen molar-refractivity contribution in [1.29, 1.82) is 0 Å². The fourth-order valence-electron chi connectivity index (χ4n) is 5.24. The summed E-state index contributed by atoms with van der Waals surface area (Å²) in [5.41, 5.74) is 2.74. The van der Waals surface area contributed by atoms with Gasteiger partial charge in [-0.25, -0.2) is 0 Å². The highest BCUT2D eigenvalue weighted by Crippen LogP contribution is 2.41. The first kappa shape index (κ1) is 44.0. The molecular weight excluding hydrogens is 782 g/mol. The number of phenols is 1. The Morgan fingerprint density at radius 2 is 1.41 bits per heavy atom. The lowest BCUT2D eigenvalue weighted by Crippen LogP contribution is -2.24. The average Bonchev–Trinajstić information content (AvgIpc) is 3.16. The van der Waals surface area contributed by atoms with Crippen molar-refractivity contribution in [2.75, 3.05) is 24.3 Å². The third-order valence-electron chi connectivity index (χ3n) is 9.60. The summed E-state index contributed by atoms with van der Waals surface area (Å²) < 4.78 is 74.4. The number of phenolic OH excluding ortho intramolecular Hbond substituents is 1. The molecule has 4 aromatic carbocycles. The Hall–Kier alpha value is -4.70. The molecule has 0 saturated carbocycles. The lowest BCUT2D eigenvalue weighted by atomic mass is 9.76. The normalized spacial score (nSPS) is 12.4. The molecule has 4 aromatic rings. The van der Waals surface area contributed by atoms with Gasteiger partial charge in [0.05, 0.1) is 39.3 Å². The van der Waals surface area contributed by atoms with E-state index in [9.17, 15) is 26.7 Å². The highest BCUT2D eigenvalue weighted by molar-refractivity contribution is 7.87. The van der Waals surface area contributed by atoms with Gasteiger partial charge >= 0.3 is 10.1 Å². The largest absolute Gasteiger partial charge is 0.504 e. The number of aromatic hydroxyl groups is 1. The van der Waals surface area contributed by atoms with Crippen LogP contribution in [0.3, 0.4) is 0 Å². The molecule has 1 amide bonds. The van der Waals surface area contributed by atoms with Crippen molar-refractivity contribution in [2.24, 2.45) is 10.2 Å². The van der Waals surface area contributed by atoms with Gasteiger partial charge < -0.3 is 24.1 Å². The molecule has 4 rings (SSSR count). The van der Waals surface area contributed by atoms with Crippen LogP contribution in [0.4, 0.5) is 17.1 Å². The average molecular weight is 830 g/mol. The van der Waals surface area contributed by atoms with Crippen LogP contribution in [0, 0.1) is 6.92 Å². The number of hydrogen-bond acceptors (Lipinski definition) is 11. The maximum Gasteiger partial charge on any atom is 0.309 e. The van der Waals surface area contributed by atoms with Crippen molar-refractivity contribution in [3.8, 4) is 23.0 Å². The summed E-state index contributed by atoms with van der Waals surface area (Å²) in [6.07, 6.45) is 1.86. The van der Waals surface area contributed by atoms with Gasteiger partial charge in [-0.15, -0.1) is 0 Å². The predicted molar refractivity (Wildman–Crippen MR) is 216 cm³/mol. The van der Waals surface area contributed by atoms with E-state index in [-0.39, 0.29) is 57.4 Å². The molecule has 3 N–H and O–H groups in total. The maximum absolute atomic E-state index is 13.1. The molecule has 302 valence electrons. The highest BCUT2D eigenvalue weighted by atomic mass is 35.5. The summed E-state index contributed by atoms with van der Waals surface area (Å²) >= 11 is 6.33. The molecule has 0 aliphatic carbocycles. The Labute approximate surface area is 334 Å². The monoisotopic (exact) mass is 829 g/mol. The second-order valence-electron chi connectivity index (χ2n) is 14.4. The van der Waals surface area contributed by atoms with E-state index in [0.717, 1.165) is 18.4 Å². The molecular formula is C40H48ClN3O10S2. The van der Waals surface area contributed by atoms with E-state index in [1.54, 1.807) is 24.3 Å². The fraction of sp³-hybridized carbons (Fsp3) is 0.375. The molecule has 56 heavy (non-hydrogen) atoms. The molecule has 0 aliphatic heterocycles. The van der Waals surface area contributed by atoms with Gasteiger partial charge in [-0.3, -0.25) is 9.35 Å². The number of anilines is 1. The van der Waals surface area contributed by atoms with Gasteiger partial charge in [0.15, 0.2) is 12.4 Å². The number of halogens is 1. The lowest BCUT2D eigenvalue weighted by molar-refractivity contribution is -0.118. The van der Waals surface area contributed by atoms with Gasteiger partial charge in [-0.1, -0.05) is 65.3 Å². The first-order valence-electron chi connectivity index (χ1n) is 17.9. The Morgan fingerprint density at radius 1 is 0.821 bits per heavy atom. The van der Waals surface area contributed by atoms with Gasteiger partial charge in [0, 0.05) is 17.2 Å². The number of ether oxygens (including phenoxy) is 2. The Kier molecular flexibility index (Phi) is 14.2. The van der Waals surface area contributed by atoms with Gasteiger partial charge in [0.1, 0.15) is 17.2 Å². The molecule has 0 saturated heterocycles. The van der Waals surface area contributed by atoms with Gasteiger partial charge in [-0.05, 0) is 97.2 Å². The van der Waals surface area contributed by atoms with E-state index in [1.165, 1.54) is 42.8 Å². The molecule has 0 atom stereocenters. The minimum atomic E-state index is -4.31. The minimum absolute atomic E-state index is 0.0381. The number of rotatable bonds is 18. The van der Waals surface area contributed by atoms with Gasteiger partial charge in [0.2, 0.25) is 0 Å². The van der Waals surface area contributed by atoms with Crippen LogP contribution in [-0.4, -0.2) is 51.4 Å². The van der Waals surface area contributed by atoms with E-state index in [1.807, 2.05) is 12.1 Å². The smallest absolute Gasteiger partial charge is 0.309 e. The summed E-state index contributed by atoms with van der Waals surface area (Å²) in [5.74, 6) is -0.602. The molecule has 0 radical (unpaired) electrons. The Morgan fingerprint density at radius 3 is 1.98 bits per heavy atom. The minimum Gasteiger partial charge on any atom is -0.504 e.